The highest BCUT2D eigenvalue weighted by molar-refractivity contribution is 5.94. The van der Waals surface area contributed by atoms with E-state index in [4.69, 9.17) is 14.2 Å². The summed E-state index contributed by atoms with van der Waals surface area (Å²) < 4.78 is 16.3. The second-order valence-corrected chi connectivity index (χ2v) is 6.21. The van der Waals surface area contributed by atoms with E-state index in [1.165, 1.54) is 0 Å². The van der Waals surface area contributed by atoms with E-state index in [0.29, 0.717) is 36.0 Å². The van der Waals surface area contributed by atoms with Crippen LogP contribution in [0.25, 0.3) is 0 Å². The lowest BCUT2D eigenvalue weighted by molar-refractivity contribution is 0.0950. The van der Waals surface area contributed by atoms with Crippen LogP contribution in [0.5, 0.6) is 17.2 Å². The van der Waals surface area contributed by atoms with Gasteiger partial charge in [-0.15, -0.1) is 0 Å². The molecule has 3 aromatic carbocycles. The van der Waals surface area contributed by atoms with Crippen molar-refractivity contribution in [3.63, 3.8) is 0 Å². The average Bonchev–Trinajstić information content (AvgIpc) is 2.76. The van der Waals surface area contributed by atoms with Crippen molar-refractivity contribution in [2.24, 2.45) is 0 Å². The fourth-order valence-electron chi connectivity index (χ4n) is 2.72. The van der Waals surface area contributed by atoms with Gasteiger partial charge >= 0.3 is 0 Å². The third kappa shape index (κ3) is 5.27. The summed E-state index contributed by atoms with van der Waals surface area (Å²) in [6.45, 7) is 0.816. The van der Waals surface area contributed by atoms with Gasteiger partial charge in [0, 0.05) is 18.2 Å². The molecule has 3 aromatic rings. The van der Waals surface area contributed by atoms with Gasteiger partial charge in [0.1, 0.15) is 23.9 Å². The molecule has 0 aliphatic heterocycles. The van der Waals surface area contributed by atoms with Gasteiger partial charge in [-0.2, -0.15) is 0 Å². The third-order valence-electron chi connectivity index (χ3n) is 4.21. The second-order valence-electron chi connectivity index (χ2n) is 6.21. The Kier molecular flexibility index (Phi) is 6.52. The van der Waals surface area contributed by atoms with Gasteiger partial charge in [0.05, 0.1) is 14.2 Å². The molecule has 5 nitrogen and oxygen atoms in total. The van der Waals surface area contributed by atoms with Crippen molar-refractivity contribution >= 4 is 5.91 Å². The molecule has 3 rings (SSSR count). The summed E-state index contributed by atoms with van der Waals surface area (Å²) in [5.41, 5.74) is 2.51. The van der Waals surface area contributed by atoms with Crippen molar-refractivity contribution in [3.05, 3.63) is 89.5 Å². The lowest BCUT2D eigenvalue weighted by Gasteiger charge is -2.11. The lowest BCUT2D eigenvalue weighted by atomic mass is 10.1. The molecule has 0 atom stereocenters. The molecule has 0 aliphatic carbocycles. The molecule has 0 saturated carbocycles. The molecule has 0 saturated heterocycles. The predicted octanol–water partition coefficient (Wildman–Crippen LogP) is 4.21. The molecule has 0 bridgehead atoms. The zero-order chi connectivity index (χ0) is 19.8. The molecule has 0 fully saturated rings. The number of benzene rings is 3. The second kappa shape index (κ2) is 9.46. The highest BCUT2D eigenvalue weighted by Gasteiger charge is 2.08. The van der Waals surface area contributed by atoms with Crippen LogP contribution in [0, 0.1) is 0 Å². The van der Waals surface area contributed by atoms with E-state index in [2.05, 4.69) is 5.32 Å². The molecule has 0 unspecified atom stereocenters. The first-order chi connectivity index (χ1) is 13.7. The van der Waals surface area contributed by atoms with Crippen LogP contribution in [0.3, 0.4) is 0 Å². The molecular weight excluding hydrogens is 354 g/mol. The number of carbonyl (C=O) groups excluding carboxylic acids is 1. The van der Waals surface area contributed by atoms with Gasteiger partial charge in [-0.1, -0.05) is 36.4 Å². The third-order valence-corrected chi connectivity index (χ3v) is 4.21. The molecule has 28 heavy (non-hydrogen) atoms. The summed E-state index contributed by atoms with van der Waals surface area (Å²) in [4.78, 5) is 12.5. The number of nitrogens with one attached hydrogen (secondary N) is 1. The minimum Gasteiger partial charge on any atom is -0.497 e. The van der Waals surface area contributed by atoms with E-state index in [1.54, 1.807) is 32.4 Å². The molecule has 0 spiro atoms. The van der Waals surface area contributed by atoms with Gasteiger partial charge in [-0.25, -0.2) is 0 Å². The predicted molar refractivity (Wildman–Crippen MR) is 108 cm³/mol. The number of hydrogen-bond donors (Lipinski definition) is 1. The topological polar surface area (TPSA) is 56.8 Å². The number of methoxy groups -OCH3 is 2. The zero-order valence-corrected chi connectivity index (χ0v) is 16.0. The Morgan fingerprint density at radius 3 is 2.18 bits per heavy atom. The largest absolute Gasteiger partial charge is 0.497 e. The Hall–Kier alpha value is -3.47. The minimum absolute atomic E-state index is 0.174. The van der Waals surface area contributed by atoms with Crippen molar-refractivity contribution in [1.29, 1.82) is 0 Å². The standard InChI is InChI=1S/C23H23NO4/c1-26-21-11-18(12-22(14-21)27-2)15-24-23(25)19-9-6-10-20(13-19)28-16-17-7-4-3-5-8-17/h3-14H,15-16H2,1-2H3,(H,24,25). The molecule has 0 aromatic heterocycles. The first-order valence-electron chi connectivity index (χ1n) is 8.95. The Balaban J connectivity index is 1.61. The van der Waals surface area contributed by atoms with Crippen LogP contribution in [-0.4, -0.2) is 20.1 Å². The maximum absolute atomic E-state index is 12.5. The van der Waals surface area contributed by atoms with Gasteiger partial charge in [-0.05, 0) is 41.5 Å². The molecule has 0 heterocycles. The zero-order valence-electron chi connectivity index (χ0n) is 16.0. The van der Waals surface area contributed by atoms with E-state index in [-0.39, 0.29) is 5.91 Å². The average molecular weight is 377 g/mol. The van der Waals surface area contributed by atoms with E-state index < -0.39 is 0 Å². The van der Waals surface area contributed by atoms with Crippen LogP contribution in [0.1, 0.15) is 21.5 Å². The maximum atomic E-state index is 12.5. The molecule has 0 aliphatic rings. The van der Waals surface area contributed by atoms with Crippen LogP contribution in [0.15, 0.2) is 72.8 Å². The number of ether oxygens (including phenoxy) is 3. The molecule has 1 amide bonds. The number of carbonyl (C=O) groups is 1. The fraction of sp³-hybridized carbons (Fsp3) is 0.174. The SMILES string of the molecule is COc1cc(CNC(=O)c2cccc(OCc3ccccc3)c2)cc(OC)c1. The molecule has 5 heteroatoms. The summed E-state index contributed by atoms with van der Waals surface area (Å²) in [7, 11) is 3.19. The monoisotopic (exact) mass is 377 g/mol. The smallest absolute Gasteiger partial charge is 0.251 e. The molecule has 144 valence electrons. The Labute approximate surface area is 164 Å². The Bertz CT molecular complexity index is 903. The van der Waals surface area contributed by atoms with E-state index in [1.807, 2.05) is 54.6 Å². The maximum Gasteiger partial charge on any atom is 0.251 e. The van der Waals surface area contributed by atoms with Crippen molar-refractivity contribution < 1.29 is 19.0 Å². The fourth-order valence-corrected chi connectivity index (χ4v) is 2.72. The van der Waals surface area contributed by atoms with Crippen LogP contribution in [-0.2, 0) is 13.2 Å². The molecular formula is C23H23NO4. The Morgan fingerprint density at radius 1 is 0.786 bits per heavy atom. The Morgan fingerprint density at radius 2 is 1.50 bits per heavy atom. The summed E-state index contributed by atoms with van der Waals surface area (Å²) in [5.74, 6) is 1.84. The van der Waals surface area contributed by atoms with Gasteiger partial charge in [0.15, 0.2) is 0 Å². The van der Waals surface area contributed by atoms with Gasteiger partial charge in [-0.3, -0.25) is 4.79 Å². The van der Waals surface area contributed by atoms with Crippen molar-refractivity contribution in [3.8, 4) is 17.2 Å². The summed E-state index contributed by atoms with van der Waals surface area (Å²) in [6.07, 6.45) is 0. The summed E-state index contributed by atoms with van der Waals surface area (Å²) in [5, 5.41) is 2.91. The number of rotatable bonds is 8. The van der Waals surface area contributed by atoms with Crippen LogP contribution in [0.4, 0.5) is 0 Å². The van der Waals surface area contributed by atoms with E-state index in [9.17, 15) is 4.79 Å². The highest BCUT2D eigenvalue weighted by Crippen LogP contribution is 2.22. The van der Waals surface area contributed by atoms with Crippen molar-refractivity contribution in [1.82, 2.24) is 5.32 Å². The first-order valence-corrected chi connectivity index (χ1v) is 8.95. The number of amides is 1. The quantitative estimate of drug-likeness (QED) is 0.639. The summed E-state index contributed by atoms with van der Waals surface area (Å²) in [6, 6.07) is 22.6. The molecule has 1 N–H and O–H groups in total. The van der Waals surface area contributed by atoms with Gasteiger partial charge in [0.25, 0.3) is 5.91 Å². The van der Waals surface area contributed by atoms with Crippen LogP contribution in [0.2, 0.25) is 0 Å². The highest BCUT2D eigenvalue weighted by atomic mass is 16.5. The van der Waals surface area contributed by atoms with Crippen LogP contribution >= 0.6 is 0 Å². The van der Waals surface area contributed by atoms with E-state index in [0.717, 1.165) is 11.1 Å². The normalized spacial score (nSPS) is 10.2. The van der Waals surface area contributed by atoms with E-state index >= 15 is 0 Å². The van der Waals surface area contributed by atoms with Crippen molar-refractivity contribution in [2.75, 3.05) is 14.2 Å². The summed E-state index contributed by atoms with van der Waals surface area (Å²) >= 11 is 0. The number of hydrogen-bond acceptors (Lipinski definition) is 4. The lowest BCUT2D eigenvalue weighted by Crippen LogP contribution is -2.22. The molecule has 0 radical (unpaired) electrons. The first kappa shape index (κ1) is 19.3. The van der Waals surface area contributed by atoms with Gasteiger partial charge in [0.2, 0.25) is 0 Å². The van der Waals surface area contributed by atoms with Gasteiger partial charge < -0.3 is 19.5 Å². The minimum atomic E-state index is -0.174. The van der Waals surface area contributed by atoms with Crippen LogP contribution < -0.4 is 19.5 Å². The van der Waals surface area contributed by atoms with Crippen molar-refractivity contribution in [2.45, 2.75) is 13.2 Å².